The van der Waals surface area contributed by atoms with Crippen LogP contribution in [0.25, 0.3) is 0 Å². The van der Waals surface area contributed by atoms with Crippen molar-refractivity contribution in [2.24, 2.45) is 7.05 Å². The highest BCUT2D eigenvalue weighted by Gasteiger charge is 2.19. The Balaban J connectivity index is 1.99. The van der Waals surface area contributed by atoms with Gasteiger partial charge >= 0.3 is 0 Å². The van der Waals surface area contributed by atoms with E-state index in [9.17, 15) is 9.59 Å². The normalized spacial score (nSPS) is 12.0. The summed E-state index contributed by atoms with van der Waals surface area (Å²) in [7, 11) is 1.73. The van der Waals surface area contributed by atoms with E-state index in [4.69, 9.17) is 0 Å². The molecule has 6 heteroatoms. The van der Waals surface area contributed by atoms with Crippen LogP contribution in [0, 0.1) is 6.92 Å². The summed E-state index contributed by atoms with van der Waals surface area (Å²) >= 11 is 0. The molecule has 0 saturated carbocycles. The number of aromatic nitrogens is 3. The van der Waals surface area contributed by atoms with Gasteiger partial charge in [0.15, 0.2) is 0 Å². The molecule has 0 aliphatic rings. The summed E-state index contributed by atoms with van der Waals surface area (Å²) in [5, 5.41) is 6.75. The monoisotopic (exact) mass is 336 g/mol. The Hall–Kier alpha value is -3.15. The molecule has 2 aromatic heterocycles. The molecule has 128 valence electrons. The van der Waals surface area contributed by atoms with Crippen LogP contribution in [0.1, 0.15) is 34.5 Å². The third-order valence-corrected chi connectivity index (χ3v) is 4.32. The molecule has 0 fully saturated rings. The lowest BCUT2D eigenvalue weighted by molar-refractivity contribution is 0.102. The summed E-state index contributed by atoms with van der Waals surface area (Å²) in [5.74, 6) is 0.107. The van der Waals surface area contributed by atoms with Crippen molar-refractivity contribution in [3.63, 3.8) is 0 Å². The summed E-state index contributed by atoms with van der Waals surface area (Å²) in [4.78, 5) is 25.6. The minimum absolute atomic E-state index is 0.145. The molecule has 6 nitrogen and oxygen atoms in total. The van der Waals surface area contributed by atoms with Crippen molar-refractivity contribution in [3.8, 4) is 0 Å². The van der Waals surface area contributed by atoms with Gasteiger partial charge in [0.2, 0.25) is 0 Å². The van der Waals surface area contributed by atoms with E-state index in [2.05, 4.69) is 10.4 Å². The van der Waals surface area contributed by atoms with Gasteiger partial charge in [-0.15, -0.1) is 0 Å². The molecule has 0 bridgehead atoms. The zero-order valence-electron chi connectivity index (χ0n) is 14.4. The molecule has 0 spiro atoms. The highest BCUT2D eigenvalue weighted by molar-refractivity contribution is 6.04. The molecule has 0 aliphatic carbocycles. The van der Waals surface area contributed by atoms with Crippen LogP contribution in [0.5, 0.6) is 0 Å². The zero-order valence-corrected chi connectivity index (χ0v) is 14.4. The molecule has 0 radical (unpaired) electrons. The van der Waals surface area contributed by atoms with Gasteiger partial charge < -0.3 is 9.88 Å². The second-order valence-corrected chi connectivity index (χ2v) is 5.97. The summed E-state index contributed by atoms with van der Waals surface area (Å²) in [6, 6.07) is 13.0. The largest absolute Gasteiger partial charge is 0.308 e. The number of nitrogens with zero attached hydrogens (tertiary/aromatic N) is 3. The molecule has 1 atom stereocenters. The third kappa shape index (κ3) is 3.24. The first-order chi connectivity index (χ1) is 12.0. The number of carbonyl (C=O) groups excluding carboxylic acids is 1. The Morgan fingerprint density at radius 3 is 2.52 bits per heavy atom. The summed E-state index contributed by atoms with van der Waals surface area (Å²) in [6.07, 6.45) is 3.32. The van der Waals surface area contributed by atoms with E-state index in [0.717, 1.165) is 5.56 Å². The Kier molecular flexibility index (Phi) is 4.52. The third-order valence-electron chi connectivity index (χ3n) is 4.32. The van der Waals surface area contributed by atoms with Crippen LogP contribution in [0.3, 0.4) is 0 Å². The molecule has 0 saturated heterocycles. The average Bonchev–Trinajstić information content (AvgIpc) is 3.00. The fraction of sp³-hybridized carbons (Fsp3) is 0.211. The van der Waals surface area contributed by atoms with E-state index in [-0.39, 0.29) is 17.2 Å². The number of hydrogen-bond acceptors (Lipinski definition) is 3. The number of aryl methyl sites for hydroxylation is 2. The topological polar surface area (TPSA) is 68.9 Å². The maximum absolute atomic E-state index is 12.9. The predicted molar refractivity (Wildman–Crippen MR) is 96.9 cm³/mol. The number of benzene rings is 1. The summed E-state index contributed by atoms with van der Waals surface area (Å²) < 4.78 is 3.13. The Labute approximate surface area is 145 Å². The number of amides is 1. The van der Waals surface area contributed by atoms with Crippen molar-refractivity contribution in [2.45, 2.75) is 19.9 Å². The van der Waals surface area contributed by atoms with Gasteiger partial charge in [-0.1, -0.05) is 30.3 Å². The van der Waals surface area contributed by atoms with Crippen LogP contribution in [0.15, 0.2) is 59.7 Å². The predicted octanol–water partition coefficient (Wildman–Crippen LogP) is 2.75. The van der Waals surface area contributed by atoms with Crippen molar-refractivity contribution in [3.05, 3.63) is 81.9 Å². The molecule has 25 heavy (non-hydrogen) atoms. The molecule has 0 aliphatic heterocycles. The van der Waals surface area contributed by atoms with Crippen molar-refractivity contribution >= 4 is 11.7 Å². The Bertz CT molecular complexity index is 957. The number of nitrogens with one attached hydrogen (secondary N) is 1. The van der Waals surface area contributed by atoms with E-state index >= 15 is 0 Å². The lowest BCUT2D eigenvalue weighted by Gasteiger charge is -2.17. The number of anilines is 1. The van der Waals surface area contributed by atoms with E-state index in [0.29, 0.717) is 11.4 Å². The average molecular weight is 336 g/mol. The molecular weight excluding hydrogens is 316 g/mol. The van der Waals surface area contributed by atoms with Crippen molar-refractivity contribution < 1.29 is 4.79 Å². The number of pyridine rings is 1. The van der Waals surface area contributed by atoms with Gasteiger partial charge in [-0.05, 0) is 31.0 Å². The molecular formula is C19H20N4O2. The van der Waals surface area contributed by atoms with E-state index in [1.54, 1.807) is 47.7 Å². The van der Waals surface area contributed by atoms with Crippen molar-refractivity contribution in [1.82, 2.24) is 14.3 Å². The Morgan fingerprint density at radius 2 is 1.88 bits per heavy atom. The van der Waals surface area contributed by atoms with E-state index in [1.165, 1.54) is 0 Å². The molecule has 2 heterocycles. The van der Waals surface area contributed by atoms with Crippen LogP contribution in [-0.4, -0.2) is 20.3 Å². The first-order valence-corrected chi connectivity index (χ1v) is 8.05. The second-order valence-electron chi connectivity index (χ2n) is 5.97. The summed E-state index contributed by atoms with van der Waals surface area (Å²) in [6.45, 7) is 3.70. The second kappa shape index (κ2) is 6.76. The number of rotatable bonds is 4. The van der Waals surface area contributed by atoms with Gasteiger partial charge in [-0.2, -0.15) is 5.10 Å². The maximum Gasteiger partial charge on any atom is 0.264 e. The van der Waals surface area contributed by atoms with Crippen LogP contribution in [0.2, 0.25) is 0 Å². The SMILES string of the molecule is Cc1ccn(C(C)c2ccccc2)c(=O)c1C(=O)Nc1ccnn1C. The van der Waals surface area contributed by atoms with Gasteiger partial charge in [0.1, 0.15) is 11.4 Å². The van der Waals surface area contributed by atoms with Crippen LogP contribution >= 0.6 is 0 Å². The van der Waals surface area contributed by atoms with Gasteiger partial charge in [0.05, 0.1) is 12.2 Å². The highest BCUT2D eigenvalue weighted by atomic mass is 16.2. The zero-order chi connectivity index (χ0) is 18.0. The van der Waals surface area contributed by atoms with E-state index < -0.39 is 5.91 Å². The van der Waals surface area contributed by atoms with E-state index in [1.807, 2.05) is 37.3 Å². The minimum atomic E-state index is -0.430. The van der Waals surface area contributed by atoms with Gasteiger partial charge in [0.25, 0.3) is 11.5 Å². The fourth-order valence-corrected chi connectivity index (χ4v) is 2.79. The molecule has 3 rings (SSSR count). The fourth-order valence-electron chi connectivity index (χ4n) is 2.79. The van der Waals surface area contributed by atoms with Crippen LogP contribution < -0.4 is 10.9 Å². The number of carbonyl (C=O) groups is 1. The minimum Gasteiger partial charge on any atom is -0.308 e. The van der Waals surface area contributed by atoms with Gasteiger partial charge in [0, 0.05) is 19.3 Å². The van der Waals surface area contributed by atoms with Crippen molar-refractivity contribution in [1.29, 1.82) is 0 Å². The maximum atomic E-state index is 12.9. The first kappa shape index (κ1) is 16.7. The Morgan fingerprint density at radius 1 is 1.16 bits per heavy atom. The van der Waals surface area contributed by atoms with Crippen LogP contribution in [0.4, 0.5) is 5.82 Å². The van der Waals surface area contributed by atoms with Gasteiger partial charge in [-0.25, -0.2) is 0 Å². The van der Waals surface area contributed by atoms with Crippen LogP contribution in [-0.2, 0) is 7.05 Å². The lowest BCUT2D eigenvalue weighted by atomic mass is 10.1. The standard InChI is InChI=1S/C19H20N4O2/c1-13-10-12-23(14(2)15-7-5-4-6-8-15)19(25)17(13)18(24)21-16-9-11-20-22(16)3/h4-12,14H,1-3H3,(H,21,24). The molecule has 1 N–H and O–H groups in total. The quantitative estimate of drug-likeness (QED) is 0.796. The number of hydrogen-bond donors (Lipinski definition) is 1. The highest BCUT2D eigenvalue weighted by Crippen LogP contribution is 2.17. The molecule has 1 amide bonds. The first-order valence-electron chi connectivity index (χ1n) is 8.05. The molecule has 3 aromatic rings. The summed E-state index contributed by atoms with van der Waals surface area (Å²) in [5.41, 5.74) is 1.48. The molecule has 1 unspecified atom stereocenters. The lowest BCUT2D eigenvalue weighted by Crippen LogP contribution is -2.32. The smallest absolute Gasteiger partial charge is 0.264 e. The molecule has 1 aromatic carbocycles. The van der Waals surface area contributed by atoms with Gasteiger partial charge in [-0.3, -0.25) is 14.3 Å². The van der Waals surface area contributed by atoms with Crippen molar-refractivity contribution in [2.75, 3.05) is 5.32 Å².